The van der Waals surface area contributed by atoms with Crippen LogP contribution in [-0.2, 0) is 6.54 Å². The fraction of sp³-hybridized carbons (Fsp3) is 0.115. The highest BCUT2D eigenvalue weighted by atomic mass is 16.3. The van der Waals surface area contributed by atoms with Crippen LogP contribution in [0.25, 0.3) is 39.5 Å². The first-order valence-corrected chi connectivity index (χ1v) is 10.3. The molecule has 148 valence electrons. The Kier molecular flexibility index (Phi) is 4.91. The summed E-state index contributed by atoms with van der Waals surface area (Å²) in [6.45, 7) is 0.854. The topological polar surface area (TPSA) is 42.5 Å². The predicted molar refractivity (Wildman–Crippen MR) is 121 cm³/mol. The SMILES string of the molecule is OCCCn1c(-c2ccccc2)cn2c(-c3ccccc3)c(-c3ccccc3)nc12. The van der Waals surface area contributed by atoms with Gasteiger partial charge in [0.15, 0.2) is 0 Å². The second kappa shape index (κ2) is 8.01. The summed E-state index contributed by atoms with van der Waals surface area (Å²) in [4.78, 5) is 5.10. The summed E-state index contributed by atoms with van der Waals surface area (Å²) in [7, 11) is 0. The van der Waals surface area contributed by atoms with Crippen LogP contribution < -0.4 is 0 Å². The molecule has 0 saturated heterocycles. The van der Waals surface area contributed by atoms with Gasteiger partial charge in [-0.3, -0.25) is 4.40 Å². The number of imidazole rings is 2. The number of aromatic nitrogens is 3. The van der Waals surface area contributed by atoms with Crippen molar-refractivity contribution >= 4 is 5.78 Å². The van der Waals surface area contributed by atoms with Crippen LogP contribution in [-0.4, -0.2) is 25.7 Å². The summed E-state index contributed by atoms with van der Waals surface area (Å²) >= 11 is 0. The Hall–Kier alpha value is -3.63. The quantitative estimate of drug-likeness (QED) is 0.413. The van der Waals surface area contributed by atoms with E-state index in [0.29, 0.717) is 13.0 Å². The van der Waals surface area contributed by atoms with Crippen molar-refractivity contribution in [1.82, 2.24) is 14.0 Å². The van der Waals surface area contributed by atoms with E-state index in [2.05, 4.69) is 75.8 Å². The Morgan fingerprint density at radius 1 is 0.700 bits per heavy atom. The molecule has 2 aromatic heterocycles. The van der Waals surface area contributed by atoms with Gasteiger partial charge in [-0.2, -0.15) is 0 Å². The van der Waals surface area contributed by atoms with Gasteiger partial charge < -0.3 is 9.67 Å². The number of hydrogen-bond donors (Lipinski definition) is 1. The van der Waals surface area contributed by atoms with Crippen LogP contribution in [0.4, 0.5) is 0 Å². The van der Waals surface area contributed by atoms with Crippen LogP contribution >= 0.6 is 0 Å². The Labute approximate surface area is 175 Å². The largest absolute Gasteiger partial charge is 0.396 e. The third-order valence-corrected chi connectivity index (χ3v) is 5.38. The number of nitrogens with zero attached hydrogens (tertiary/aromatic N) is 3. The lowest BCUT2D eigenvalue weighted by Gasteiger charge is -2.08. The lowest BCUT2D eigenvalue weighted by atomic mass is 10.0. The third-order valence-electron chi connectivity index (χ3n) is 5.38. The lowest BCUT2D eigenvalue weighted by Crippen LogP contribution is -2.03. The average molecular weight is 393 g/mol. The predicted octanol–water partition coefficient (Wildman–Crippen LogP) is 5.52. The molecule has 0 spiro atoms. The number of aliphatic hydroxyl groups is 1. The normalized spacial score (nSPS) is 11.2. The minimum absolute atomic E-state index is 0.149. The van der Waals surface area contributed by atoms with Crippen molar-refractivity contribution < 1.29 is 5.11 Å². The second-order valence-corrected chi connectivity index (χ2v) is 7.32. The van der Waals surface area contributed by atoms with Crippen LogP contribution in [0.2, 0.25) is 0 Å². The zero-order valence-corrected chi connectivity index (χ0v) is 16.6. The number of fused-ring (bicyclic) bond motifs is 1. The molecule has 3 aromatic carbocycles. The fourth-order valence-corrected chi connectivity index (χ4v) is 3.99. The van der Waals surface area contributed by atoms with Crippen LogP contribution in [0.3, 0.4) is 0 Å². The Bertz CT molecular complexity index is 1260. The molecule has 4 heteroatoms. The molecule has 0 aliphatic heterocycles. The molecule has 0 fully saturated rings. The second-order valence-electron chi connectivity index (χ2n) is 7.32. The van der Waals surface area contributed by atoms with Gasteiger partial charge in [-0.1, -0.05) is 91.0 Å². The molecule has 0 atom stereocenters. The molecular formula is C26H23N3O. The highest BCUT2D eigenvalue weighted by Crippen LogP contribution is 2.35. The Balaban J connectivity index is 1.81. The van der Waals surface area contributed by atoms with E-state index >= 15 is 0 Å². The van der Waals surface area contributed by atoms with E-state index in [9.17, 15) is 5.11 Å². The minimum atomic E-state index is 0.149. The Morgan fingerprint density at radius 2 is 1.27 bits per heavy atom. The first kappa shape index (κ1) is 18.4. The zero-order valence-electron chi connectivity index (χ0n) is 16.6. The van der Waals surface area contributed by atoms with E-state index in [1.807, 2.05) is 30.3 Å². The molecule has 1 N–H and O–H groups in total. The highest BCUT2D eigenvalue weighted by Gasteiger charge is 2.21. The molecule has 0 amide bonds. The number of benzene rings is 3. The van der Waals surface area contributed by atoms with E-state index in [4.69, 9.17) is 4.98 Å². The van der Waals surface area contributed by atoms with Crippen molar-refractivity contribution in [3.8, 4) is 33.8 Å². The van der Waals surface area contributed by atoms with Crippen molar-refractivity contribution in [2.24, 2.45) is 0 Å². The average Bonchev–Trinajstić information content (AvgIpc) is 3.36. The van der Waals surface area contributed by atoms with Gasteiger partial charge in [0, 0.05) is 30.5 Å². The summed E-state index contributed by atoms with van der Waals surface area (Å²) in [5, 5.41) is 9.47. The number of hydrogen-bond acceptors (Lipinski definition) is 2. The van der Waals surface area contributed by atoms with E-state index in [1.165, 1.54) is 0 Å². The van der Waals surface area contributed by atoms with Crippen molar-refractivity contribution in [3.05, 3.63) is 97.2 Å². The molecule has 30 heavy (non-hydrogen) atoms. The van der Waals surface area contributed by atoms with Crippen LogP contribution in [0.1, 0.15) is 6.42 Å². The maximum atomic E-state index is 9.47. The summed E-state index contributed by atoms with van der Waals surface area (Å²) < 4.78 is 4.40. The van der Waals surface area contributed by atoms with Crippen molar-refractivity contribution in [1.29, 1.82) is 0 Å². The summed E-state index contributed by atoms with van der Waals surface area (Å²) in [6.07, 6.45) is 2.85. The molecule has 0 aliphatic rings. The van der Waals surface area contributed by atoms with E-state index in [0.717, 1.165) is 39.5 Å². The monoisotopic (exact) mass is 393 g/mol. The smallest absolute Gasteiger partial charge is 0.215 e. The number of rotatable bonds is 6. The number of aryl methyl sites for hydroxylation is 1. The molecule has 0 aliphatic carbocycles. The molecule has 5 aromatic rings. The summed E-state index contributed by atoms with van der Waals surface area (Å²) in [5.74, 6) is 0.889. The Morgan fingerprint density at radius 3 is 1.87 bits per heavy atom. The van der Waals surface area contributed by atoms with Crippen LogP contribution in [0.5, 0.6) is 0 Å². The highest BCUT2D eigenvalue weighted by molar-refractivity contribution is 5.82. The van der Waals surface area contributed by atoms with E-state index < -0.39 is 0 Å². The fourth-order valence-electron chi connectivity index (χ4n) is 3.99. The third kappa shape index (κ3) is 3.21. The lowest BCUT2D eigenvalue weighted by molar-refractivity contribution is 0.280. The molecule has 0 saturated carbocycles. The molecule has 0 bridgehead atoms. The minimum Gasteiger partial charge on any atom is -0.396 e. The van der Waals surface area contributed by atoms with Gasteiger partial charge in [-0.05, 0) is 12.0 Å². The van der Waals surface area contributed by atoms with Gasteiger partial charge in [0.1, 0.15) is 0 Å². The molecule has 0 unspecified atom stereocenters. The molecule has 5 rings (SSSR count). The molecule has 2 heterocycles. The van der Waals surface area contributed by atoms with Gasteiger partial charge in [-0.15, -0.1) is 0 Å². The standard InChI is InChI=1S/C26H23N3O/c30-18-10-17-28-23(20-11-4-1-5-12-20)19-29-25(22-15-8-3-9-16-22)24(27-26(28)29)21-13-6-2-7-14-21/h1-9,11-16,19,30H,10,17-18H2. The van der Waals surface area contributed by atoms with E-state index in [1.54, 1.807) is 0 Å². The first-order chi connectivity index (χ1) is 14.9. The van der Waals surface area contributed by atoms with Crippen LogP contribution in [0.15, 0.2) is 97.2 Å². The molecular weight excluding hydrogens is 370 g/mol. The zero-order chi connectivity index (χ0) is 20.3. The maximum Gasteiger partial charge on any atom is 0.215 e. The van der Waals surface area contributed by atoms with Gasteiger partial charge in [0.25, 0.3) is 0 Å². The van der Waals surface area contributed by atoms with Gasteiger partial charge in [0.2, 0.25) is 5.78 Å². The van der Waals surface area contributed by atoms with Gasteiger partial charge in [-0.25, -0.2) is 4.98 Å². The van der Waals surface area contributed by atoms with E-state index in [-0.39, 0.29) is 6.61 Å². The first-order valence-electron chi connectivity index (χ1n) is 10.3. The van der Waals surface area contributed by atoms with Crippen molar-refractivity contribution in [2.75, 3.05) is 6.61 Å². The summed E-state index contributed by atoms with van der Waals surface area (Å²) in [6, 6.07) is 31.1. The molecule has 0 radical (unpaired) electrons. The number of aliphatic hydroxyl groups excluding tert-OH is 1. The van der Waals surface area contributed by atoms with Gasteiger partial charge >= 0.3 is 0 Å². The summed E-state index contributed by atoms with van der Waals surface area (Å²) in [5.41, 5.74) is 6.51. The van der Waals surface area contributed by atoms with Gasteiger partial charge in [0.05, 0.1) is 17.1 Å². The maximum absolute atomic E-state index is 9.47. The molecule has 4 nitrogen and oxygen atoms in total. The van der Waals surface area contributed by atoms with Crippen LogP contribution in [0, 0.1) is 0 Å². The van der Waals surface area contributed by atoms with Crippen molar-refractivity contribution in [2.45, 2.75) is 13.0 Å². The van der Waals surface area contributed by atoms with Crippen molar-refractivity contribution in [3.63, 3.8) is 0 Å².